The van der Waals surface area contributed by atoms with Gasteiger partial charge in [-0.1, -0.05) is 17.7 Å². The van der Waals surface area contributed by atoms with E-state index in [-0.39, 0.29) is 12.0 Å². The van der Waals surface area contributed by atoms with Crippen LogP contribution in [-0.4, -0.2) is 35.3 Å². The SMILES string of the molecule is COC(=O)C1NC(=S)N(Nc2cccc(Cl)c2)C1C. The van der Waals surface area contributed by atoms with Gasteiger partial charge in [0.25, 0.3) is 0 Å². The molecule has 0 bridgehead atoms. The van der Waals surface area contributed by atoms with Crippen molar-refractivity contribution in [2.24, 2.45) is 0 Å². The molecule has 1 fully saturated rings. The van der Waals surface area contributed by atoms with Crippen molar-refractivity contribution < 1.29 is 9.53 Å². The number of methoxy groups -OCH3 is 1. The molecule has 2 rings (SSSR count). The average molecular weight is 300 g/mol. The molecule has 1 aromatic rings. The van der Waals surface area contributed by atoms with E-state index in [0.717, 1.165) is 5.69 Å². The summed E-state index contributed by atoms with van der Waals surface area (Å²) in [6, 6.07) is 6.62. The van der Waals surface area contributed by atoms with E-state index in [0.29, 0.717) is 10.1 Å². The summed E-state index contributed by atoms with van der Waals surface area (Å²) in [6.07, 6.45) is 0. The topological polar surface area (TPSA) is 53.6 Å². The maximum atomic E-state index is 11.6. The Morgan fingerprint density at radius 3 is 2.95 bits per heavy atom. The minimum absolute atomic E-state index is 0.168. The maximum absolute atomic E-state index is 11.6. The van der Waals surface area contributed by atoms with E-state index in [1.807, 2.05) is 19.1 Å². The fraction of sp³-hybridized carbons (Fsp3) is 0.333. The van der Waals surface area contributed by atoms with Crippen molar-refractivity contribution >= 4 is 40.6 Å². The number of rotatable bonds is 3. The van der Waals surface area contributed by atoms with E-state index < -0.39 is 6.04 Å². The lowest BCUT2D eigenvalue weighted by molar-refractivity contribution is -0.143. The Morgan fingerprint density at radius 1 is 1.58 bits per heavy atom. The summed E-state index contributed by atoms with van der Waals surface area (Å²) in [5.74, 6) is -0.342. The second-order valence-corrected chi connectivity index (χ2v) is 5.01. The van der Waals surface area contributed by atoms with E-state index in [2.05, 4.69) is 10.7 Å². The summed E-state index contributed by atoms with van der Waals surface area (Å²) >= 11 is 11.1. The Kier molecular flexibility index (Phi) is 4.11. The summed E-state index contributed by atoms with van der Waals surface area (Å²) in [5, 5.41) is 5.71. The van der Waals surface area contributed by atoms with Gasteiger partial charge in [0, 0.05) is 5.02 Å². The minimum atomic E-state index is -0.482. The number of hydrogen-bond donors (Lipinski definition) is 2. The van der Waals surface area contributed by atoms with Crippen molar-refractivity contribution in [1.82, 2.24) is 10.3 Å². The van der Waals surface area contributed by atoms with Gasteiger partial charge in [-0.05, 0) is 37.3 Å². The molecule has 1 heterocycles. The molecule has 0 aromatic heterocycles. The van der Waals surface area contributed by atoms with Gasteiger partial charge >= 0.3 is 5.97 Å². The third-order valence-electron chi connectivity index (χ3n) is 2.92. The normalized spacial score (nSPS) is 22.1. The molecule has 19 heavy (non-hydrogen) atoms. The maximum Gasteiger partial charge on any atom is 0.330 e. The molecule has 2 unspecified atom stereocenters. The lowest BCUT2D eigenvalue weighted by Gasteiger charge is -2.25. The number of thiocarbonyl (C=S) groups is 1. The molecule has 7 heteroatoms. The van der Waals surface area contributed by atoms with Crippen LogP contribution in [0.15, 0.2) is 24.3 Å². The highest BCUT2D eigenvalue weighted by Gasteiger charge is 2.39. The van der Waals surface area contributed by atoms with Crippen LogP contribution in [0, 0.1) is 0 Å². The van der Waals surface area contributed by atoms with Crippen LogP contribution in [0.5, 0.6) is 0 Å². The van der Waals surface area contributed by atoms with Crippen LogP contribution in [0.4, 0.5) is 5.69 Å². The Bertz CT molecular complexity index is 512. The largest absolute Gasteiger partial charge is 0.467 e. The van der Waals surface area contributed by atoms with Gasteiger partial charge in [-0.3, -0.25) is 10.4 Å². The fourth-order valence-electron chi connectivity index (χ4n) is 1.89. The van der Waals surface area contributed by atoms with Crippen molar-refractivity contribution in [3.8, 4) is 0 Å². The van der Waals surface area contributed by atoms with Gasteiger partial charge < -0.3 is 10.1 Å². The molecule has 0 amide bonds. The van der Waals surface area contributed by atoms with E-state index in [4.69, 9.17) is 28.6 Å². The number of anilines is 1. The summed E-state index contributed by atoms with van der Waals surface area (Å²) in [7, 11) is 1.35. The van der Waals surface area contributed by atoms with Gasteiger partial charge in [0.1, 0.15) is 6.04 Å². The molecule has 0 aliphatic carbocycles. The van der Waals surface area contributed by atoms with Crippen LogP contribution < -0.4 is 10.7 Å². The standard InChI is InChI=1S/C12H14ClN3O2S/c1-7-10(11(17)18-2)14-12(19)16(7)15-9-5-3-4-8(13)6-9/h3-7,10,15H,1-2H3,(H,14,19). The lowest BCUT2D eigenvalue weighted by Crippen LogP contribution is -2.42. The van der Waals surface area contributed by atoms with Gasteiger partial charge in [-0.2, -0.15) is 0 Å². The molecule has 2 atom stereocenters. The van der Waals surface area contributed by atoms with Gasteiger partial charge in [0.2, 0.25) is 0 Å². The van der Waals surface area contributed by atoms with Crippen LogP contribution in [0.2, 0.25) is 5.02 Å². The monoisotopic (exact) mass is 299 g/mol. The number of benzene rings is 1. The number of nitrogens with one attached hydrogen (secondary N) is 2. The zero-order valence-electron chi connectivity index (χ0n) is 10.5. The first-order chi connectivity index (χ1) is 9.02. The Morgan fingerprint density at radius 2 is 2.32 bits per heavy atom. The first-order valence-corrected chi connectivity index (χ1v) is 6.51. The third-order valence-corrected chi connectivity index (χ3v) is 3.47. The molecule has 0 spiro atoms. The van der Waals surface area contributed by atoms with Gasteiger partial charge in [-0.15, -0.1) is 0 Å². The highest BCUT2D eigenvalue weighted by atomic mass is 35.5. The predicted octanol–water partition coefficient (Wildman–Crippen LogP) is 1.79. The molecule has 1 aliphatic heterocycles. The highest BCUT2D eigenvalue weighted by Crippen LogP contribution is 2.20. The summed E-state index contributed by atoms with van der Waals surface area (Å²) in [5.41, 5.74) is 3.93. The molecular weight excluding hydrogens is 286 g/mol. The van der Waals surface area contributed by atoms with Crippen LogP contribution in [-0.2, 0) is 9.53 Å². The van der Waals surface area contributed by atoms with Crippen molar-refractivity contribution in [3.63, 3.8) is 0 Å². The molecule has 0 radical (unpaired) electrons. The van der Waals surface area contributed by atoms with Crippen molar-refractivity contribution in [3.05, 3.63) is 29.3 Å². The number of carbonyl (C=O) groups excluding carboxylic acids is 1. The van der Waals surface area contributed by atoms with Crippen molar-refractivity contribution in [2.45, 2.75) is 19.0 Å². The molecule has 102 valence electrons. The summed E-state index contributed by atoms with van der Waals surface area (Å²) in [6.45, 7) is 1.88. The van der Waals surface area contributed by atoms with E-state index >= 15 is 0 Å². The number of ether oxygens (including phenoxy) is 1. The van der Waals surface area contributed by atoms with Crippen LogP contribution in [0.25, 0.3) is 0 Å². The van der Waals surface area contributed by atoms with E-state index in [9.17, 15) is 4.79 Å². The van der Waals surface area contributed by atoms with Crippen LogP contribution in [0.3, 0.4) is 0 Å². The average Bonchev–Trinajstić information content (AvgIpc) is 2.66. The number of carbonyl (C=O) groups is 1. The van der Waals surface area contributed by atoms with Gasteiger partial charge in [0.05, 0.1) is 18.8 Å². The first kappa shape index (κ1) is 13.9. The third kappa shape index (κ3) is 2.90. The number of nitrogens with zero attached hydrogens (tertiary/aromatic N) is 1. The lowest BCUT2D eigenvalue weighted by atomic mass is 10.2. The predicted molar refractivity (Wildman–Crippen MR) is 77.9 cm³/mol. The molecule has 0 saturated carbocycles. The van der Waals surface area contributed by atoms with Gasteiger partial charge in [-0.25, -0.2) is 4.79 Å². The summed E-state index contributed by atoms with van der Waals surface area (Å²) < 4.78 is 4.73. The molecule has 1 saturated heterocycles. The second-order valence-electron chi connectivity index (χ2n) is 4.18. The van der Waals surface area contributed by atoms with Crippen LogP contribution >= 0.6 is 23.8 Å². The zero-order chi connectivity index (χ0) is 14.0. The Hall–Kier alpha value is -1.53. The van der Waals surface area contributed by atoms with Crippen molar-refractivity contribution in [1.29, 1.82) is 0 Å². The zero-order valence-corrected chi connectivity index (χ0v) is 12.1. The van der Waals surface area contributed by atoms with Crippen molar-refractivity contribution in [2.75, 3.05) is 12.5 Å². The highest BCUT2D eigenvalue weighted by molar-refractivity contribution is 7.80. The van der Waals surface area contributed by atoms with Gasteiger partial charge in [0.15, 0.2) is 5.11 Å². The molecule has 5 nitrogen and oxygen atoms in total. The number of hydrazine groups is 1. The smallest absolute Gasteiger partial charge is 0.330 e. The quantitative estimate of drug-likeness (QED) is 0.655. The molecular formula is C12H14ClN3O2S. The molecule has 1 aromatic carbocycles. The molecule has 2 N–H and O–H groups in total. The Balaban J connectivity index is 2.13. The van der Waals surface area contributed by atoms with Crippen LogP contribution in [0.1, 0.15) is 6.92 Å². The number of hydrogen-bond acceptors (Lipinski definition) is 4. The first-order valence-electron chi connectivity index (χ1n) is 5.72. The second kappa shape index (κ2) is 5.63. The molecule has 1 aliphatic rings. The number of halogens is 1. The fourth-order valence-corrected chi connectivity index (χ4v) is 2.42. The Labute approximate surface area is 121 Å². The minimum Gasteiger partial charge on any atom is -0.467 e. The van der Waals surface area contributed by atoms with E-state index in [1.54, 1.807) is 17.1 Å². The summed E-state index contributed by atoms with van der Waals surface area (Å²) in [4.78, 5) is 11.6. The number of esters is 1. The van der Waals surface area contributed by atoms with E-state index in [1.165, 1.54) is 7.11 Å².